The normalized spacial score (nSPS) is 12.9. The summed E-state index contributed by atoms with van der Waals surface area (Å²) in [6, 6.07) is 17.7. The van der Waals surface area contributed by atoms with E-state index in [0.29, 0.717) is 17.7 Å². The van der Waals surface area contributed by atoms with Gasteiger partial charge in [-0.05, 0) is 70.0 Å². The number of aromatic hydroxyl groups is 2. The number of nitro groups is 1. The Kier molecular flexibility index (Phi) is 7.71. The molecule has 35 heavy (non-hydrogen) atoms. The topological polar surface area (TPSA) is 135 Å². The van der Waals surface area contributed by atoms with Crippen molar-refractivity contribution in [2.45, 2.75) is 25.2 Å². The zero-order valence-electron chi connectivity index (χ0n) is 19.1. The highest BCUT2D eigenvalue weighted by molar-refractivity contribution is 7.99. The van der Waals surface area contributed by atoms with Gasteiger partial charge in [0.25, 0.3) is 0 Å². The Morgan fingerprint density at radius 3 is 2.14 bits per heavy atom. The molecule has 10 heteroatoms. The Bertz CT molecular complexity index is 1280. The number of non-ortho nitro benzene ring substituents is 1. The predicted molar refractivity (Wildman–Crippen MR) is 136 cm³/mol. The summed E-state index contributed by atoms with van der Waals surface area (Å²) in [4.78, 5) is 10.7. The Balaban J connectivity index is 1.43. The molecule has 0 spiro atoms. The van der Waals surface area contributed by atoms with Crippen LogP contribution in [-0.2, 0) is 0 Å². The number of nitro benzene ring substituents is 1. The minimum absolute atomic E-state index is 0.125. The molecule has 182 valence electrons. The van der Waals surface area contributed by atoms with Crippen molar-refractivity contribution >= 4 is 34.2 Å². The lowest BCUT2D eigenvalue weighted by atomic mass is 9.81. The zero-order chi connectivity index (χ0) is 24.8. The molecule has 0 radical (unpaired) electrons. The van der Waals surface area contributed by atoms with Gasteiger partial charge in [0.05, 0.1) is 10.6 Å². The summed E-state index contributed by atoms with van der Waals surface area (Å²) in [5, 5.41) is 41.4. The van der Waals surface area contributed by atoms with Crippen LogP contribution in [0.4, 0.5) is 11.4 Å². The summed E-state index contributed by atoms with van der Waals surface area (Å²) in [5.41, 5.74) is 3.27. The fourth-order valence-electron chi connectivity index (χ4n) is 4.25. The first-order valence-corrected chi connectivity index (χ1v) is 12.4. The van der Waals surface area contributed by atoms with Gasteiger partial charge in [0.2, 0.25) is 5.52 Å². The molecule has 4 rings (SSSR count). The lowest BCUT2D eigenvalue weighted by Gasteiger charge is -2.27. The van der Waals surface area contributed by atoms with Gasteiger partial charge in [-0.1, -0.05) is 31.2 Å². The third-order valence-corrected chi connectivity index (χ3v) is 7.11. The number of anilines is 1. The van der Waals surface area contributed by atoms with Crippen molar-refractivity contribution in [2.24, 2.45) is 0 Å². The molecular weight excluding hydrogens is 468 g/mol. The molecule has 3 N–H and O–H groups in total. The Hall–Kier alpha value is -3.79. The molecule has 9 nitrogen and oxygen atoms in total. The van der Waals surface area contributed by atoms with Crippen molar-refractivity contribution in [1.82, 2.24) is 10.3 Å². The molecule has 0 saturated carbocycles. The van der Waals surface area contributed by atoms with E-state index in [4.69, 9.17) is 4.63 Å². The van der Waals surface area contributed by atoms with Crippen LogP contribution in [0, 0.1) is 10.1 Å². The number of benzene rings is 3. The maximum absolute atomic E-state index is 11.2. The average Bonchev–Trinajstić information content (AvgIpc) is 3.35. The predicted octanol–water partition coefficient (Wildman–Crippen LogP) is 5.66. The molecule has 1 heterocycles. The van der Waals surface area contributed by atoms with Crippen molar-refractivity contribution in [3.63, 3.8) is 0 Å². The second kappa shape index (κ2) is 11.1. The highest BCUT2D eigenvalue weighted by Crippen LogP contribution is 2.39. The SMILES string of the molecule is CCC(c1ccc(O)cc1)C(CSCCNc1ccc([N+](=O)[O-])c2nonc12)c1ccc(O)cc1. The number of hydrogen-bond acceptors (Lipinski definition) is 9. The van der Waals surface area contributed by atoms with E-state index >= 15 is 0 Å². The number of hydrogen-bond donors (Lipinski definition) is 3. The van der Waals surface area contributed by atoms with Gasteiger partial charge < -0.3 is 15.5 Å². The lowest BCUT2D eigenvalue weighted by molar-refractivity contribution is -0.383. The minimum Gasteiger partial charge on any atom is -0.508 e. The van der Waals surface area contributed by atoms with E-state index < -0.39 is 4.92 Å². The van der Waals surface area contributed by atoms with E-state index in [0.717, 1.165) is 29.1 Å². The number of rotatable bonds is 11. The van der Waals surface area contributed by atoms with Gasteiger partial charge in [-0.3, -0.25) is 10.1 Å². The van der Waals surface area contributed by atoms with Crippen LogP contribution < -0.4 is 5.32 Å². The molecule has 0 fully saturated rings. The van der Waals surface area contributed by atoms with E-state index in [1.165, 1.54) is 6.07 Å². The smallest absolute Gasteiger partial charge is 0.300 e. The molecule has 0 amide bonds. The number of nitrogens with one attached hydrogen (secondary N) is 1. The van der Waals surface area contributed by atoms with Crippen LogP contribution in [0.15, 0.2) is 65.3 Å². The Morgan fingerprint density at radius 2 is 1.54 bits per heavy atom. The average molecular weight is 495 g/mol. The van der Waals surface area contributed by atoms with E-state index in [9.17, 15) is 20.3 Å². The van der Waals surface area contributed by atoms with E-state index in [1.807, 2.05) is 24.3 Å². The van der Waals surface area contributed by atoms with Gasteiger partial charge in [0.1, 0.15) is 11.5 Å². The largest absolute Gasteiger partial charge is 0.508 e. The standard InChI is InChI=1S/C25H26N4O5S/c1-2-20(16-3-7-18(30)8-4-16)21(17-5-9-19(31)10-6-17)15-35-14-13-26-22-11-12-23(29(32)33)25-24(22)27-34-28-25/h3-12,20-21,26,30-31H,2,13-15H2,1H3. The maximum Gasteiger partial charge on any atom is 0.300 e. The number of phenolic OH excluding ortho intramolecular Hbond substituents is 2. The highest BCUT2D eigenvalue weighted by atomic mass is 32.2. The van der Waals surface area contributed by atoms with E-state index in [1.54, 1.807) is 42.1 Å². The molecule has 3 aromatic carbocycles. The molecule has 2 unspecified atom stereocenters. The van der Waals surface area contributed by atoms with E-state index in [2.05, 4.69) is 22.6 Å². The summed E-state index contributed by atoms with van der Waals surface area (Å²) in [6.45, 7) is 2.78. The number of nitrogens with zero attached hydrogens (tertiary/aromatic N) is 3. The number of phenols is 2. The van der Waals surface area contributed by atoms with E-state index in [-0.39, 0.29) is 34.5 Å². The minimum atomic E-state index is -0.506. The third-order valence-electron chi connectivity index (χ3n) is 6.02. The van der Waals surface area contributed by atoms with Crippen LogP contribution in [-0.4, -0.2) is 43.5 Å². The molecule has 0 aliphatic rings. The number of thioether (sulfide) groups is 1. The first kappa shape index (κ1) is 24.3. The van der Waals surface area contributed by atoms with Crippen molar-refractivity contribution in [3.8, 4) is 11.5 Å². The van der Waals surface area contributed by atoms with Crippen LogP contribution in [0.2, 0.25) is 0 Å². The quantitative estimate of drug-likeness (QED) is 0.137. The second-order valence-electron chi connectivity index (χ2n) is 8.16. The van der Waals surface area contributed by atoms with Crippen molar-refractivity contribution in [1.29, 1.82) is 0 Å². The monoisotopic (exact) mass is 494 g/mol. The number of aromatic nitrogens is 2. The van der Waals surface area contributed by atoms with Gasteiger partial charge in [0.15, 0.2) is 5.52 Å². The Labute approximate surface area is 206 Å². The molecular formula is C25H26N4O5S. The third kappa shape index (κ3) is 5.65. The molecule has 0 bridgehead atoms. The van der Waals surface area contributed by atoms with Gasteiger partial charge in [-0.15, -0.1) is 0 Å². The lowest BCUT2D eigenvalue weighted by Crippen LogP contribution is -2.15. The van der Waals surface area contributed by atoms with Crippen molar-refractivity contribution < 1.29 is 19.8 Å². The number of fused-ring (bicyclic) bond motifs is 1. The summed E-state index contributed by atoms with van der Waals surface area (Å²) in [7, 11) is 0. The first-order chi connectivity index (χ1) is 17.0. The fraction of sp³-hybridized carbons (Fsp3) is 0.280. The fourth-order valence-corrected chi connectivity index (χ4v) is 5.34. The summed E-state index contributed by atoms with van der Waals surface area (Å²) >= 11 is 1.79. The second-order valence-corrected chi connectivity index (χ2v) is 9.31. The molecule has 0 saturated heterocycles. The van der Waals surface area contributed by atoms with Crippen LogP contribution >= 0.6 is 11.8 Å². The molecule has 4 aromatic rings. The summed E-state index contributed by atoms with van der Waals surface area (Å²) in [5.74, 6) is 2.58. The highest BCUT2D eigenvalue weighted by Gasteiger charge is 2.24. The van der Waals surface area contributed by atoms with Gasteiger partial charge >= 0.3 is 5.69 Å². The van der Waals surface area contributed by atoms with Crippen LogP contribution in [0.1, 0.15) is 36.3 Å². The molecule has 1 aromatic heterocycles. The van der Waals surface area contributed by atoms with Gasteiger partial charge in [-0.2, -0.15) is 11.8 Å². The van der Waals surface area contributed by atoms with Crippen LogP contribution in [0.3, 0.4) is 0 Å². The summed E-state index contributed by atoms with van der Waals surface area (Å²) < 4.78 is 4.72. The van der Waals surface area contributed by atoms with Gasteiger partial charge in [-0.25, -0.2) is 4.63 Å². The van der Waals surface area contributed by atoms with Gasteiger partial charge in [0, 0.05) is 24.1 Å². The molecule has 0 aliphatic heterocycles. The van der Waals surface area contributed by atoms with Crippen LogP contribution in [0.5, 0.6) is 11.5 Å². The zero-order valence-corrected chi connectivity index (χ0v) is 19.9. The first-order valence-electron chi connectivity index (χ1n) is 11.3. The molecule has 0 aliphatic carbocycles. The van der Waals surface area contributed by atoms with Crippen molar-refractivity contribution in [2.75, 3.05) is 23.4 Å². The Morgan fingerprint density at radius 1 is 0.943 bits per heavy atom. The maximum atomic E-state index is 11.2. The summed E-state index contributed by atoms with van der Waals surface area (Å²) in [6.07, 6.45) is 0.926. The van der Waals surface area contributed by atoms with Crippen LogP contribution in [0.25, 0.3) is 11.0 Å². The molecule has 2 atom stereocenters. The van der Waals surface area contributed by atoms with Crippen molar-refractivity contribution in [3.05, 3.63) is 81.9 Å².